The quantitative estimate of drug-likeness (QED) is 0.600. The number of benzene rings is 2. The van der Waals surface area contributed by atoms with Crippen LogP contribution in [0.4, 0.5) is 5.69 Å². The summed E-state index contributed by atoms with van der Waals surface area (Å²) in [5.74, 6) is -0.399. The summed E-state index contributed by atoms with van der Waals surface area (Å²) in [5, 5.41) is 0. The van der Waals surface area contributed by atoms with Crippen LogP contribution in [0.1, 0.15) is 10.4 Å². The maximum atomic E-state index is 12.8. The first-order valence-corrected chi connectivity index (χ1v) is 12.1. The largest absolute Gasteiger partial charge is 0.497 e. The summed E-state index contributed by atoms with van der Waals surface area (Å²) in [5.41, 5.74) is -0.0328. The van der Waals surface area contributed by atoms with Crippen molar-refractivity contribution in [1.82, 2.24) is 4.31 Å². The van der Waals surface area contributed by atoms with Gasteiger partial charge in [0, 0.05) is 13.1 Å². The molecular weight excluding hydrogens is 448 g/mol. The fourth-order valence-electron chi connectivity index (χ4n) is 2.95. The van der Waals surface area contributed by atoms with E-state index >= 15 is 0 Å². The first-order chi connectivity index (χ1) is 14.7. The lowest BCUT2D eigenvalue weighted by Crippen LogP contribution is -2.40. The molecule has 31 heavy (non-hydrogen) atoms. The molecule has 1 aliphatic rings. The van der Waals surface area contributed by atoms with Crippen molar-refractivity contribution in [2.45, 2.75) is 9.79 Å². The molecule has 2 aromatic carbocycles. The molecule has 3 rings (SSSR count). The third-order valence-corrected chi connectivity index (χ3v) is 7.91. The van der Waals surface area contributed by atoms with Gasteiger partial charge in [-0.05, 0) is 42.5 Å². The van der Waals surface area contributed by atoms with E-state index in [0.717, 1.165) is 0 Å². The lowest BCUT2D eigenvalue weighted by Gasteiger charge is -2.26. The Kier molecular flexibility index (Phi) is 6.84. The molecule has 2 aromatic rings. The predicted octanol–water partition coefficient (Wildman–Crippen LogP) is 1.30. The SMILES string of the molecule is COC(=O)c1cc(OC)ccc1NS(=O)(=O)c1ccc(S(=O)(=O)N2CCOCC2)cc1. The zero-order valence-electron chi connectivity index (χ0n) is 16.9. The fraction of sp³-hybridized carbons (Fsp3) is 0.316. The van der Waals surface area contributed by atoms with Gasteiger partial charge in [0.05, 0.1) is 48.5 Å². The van der Waals surface area contributed by atoms with E-state index in [9.17, 15) is 21.6 Å². The molecule has 1 heterocycles. The van der Waals surface area contributed by atoms with Crippen LogP contribution in [0.15, 0.2) is 52.3 Å². The lowest BCUT2D eigenvalue weighted by molar-refractivity contribution is 0.0601. The van der Waals surface area contributed by atoms with E-state index < -0.39 is 26.0 Å². The van der Waals surface area contributed by atoms with Crippen molar-refractivity contribution in [2.24, 2.45) is 0 Å². The minimum absolute atomic E-state index is 0.00216. The summed E-state index contributed by atoms with van der Waals surface area (Å²) in [6.07, 6.45) is 0. The van der Waals surface area contributed by atoms with Crippen molar-refractivity contribution >= 4 is 31.7 Å². The number of carbonyl (C=O) groups is 1. The summed E-state index contributed by atoms with van der Waals surface area (Å²) < 4.78 is 69.6. The number of methoxy groups -OCH3 is 2. The highest BCUT2D eigenvalue weighted by Crippen LogP contribution is 2.26. The van der Waals surface area contributed by atoms with Gasteiger partial charge in [-0.25, -0.2) is 21.6 Å². The Morgan fingerprint density at radius 3 is 2.16 bits per heavy atom. The van der Waals surface area contributed by atoms with Crippen molar-refractivity contribution < 1.29 is 35.8 Å². The Bertz CT molecular complexity index is 1160. The minimum Gasteiger partial charge on any atom is -0.497 e. The standard InChI is InChI=1S/C19H22N2O8S2/c1-27-14-3-8-18(17(13-14)19(22)28-2)20-30(23,24)15-4-6-16(7-5-15)31(25,26)21-9-11-29-12-10-21/h3-8,13,20H,9-12H2,1-2H3. The van der Waals surface area contributed by atoms with Gasteiger partial charge in [0.25, 0.3) is 10.0 Å². The van der Waals surface area contributed by atoms with Crippen LogP contribution in [0.25, 0.3) is 0 Å². The third-order valence-electron chi connectivity index (χ3n) is 4.62. The molecule has 0 radical (unpaired) electrons. The Morgan fingerprint density at radius 2 is 1.58 bits per heavy atom. The smallest absolute Gasteiger partial charge is 0.340 e. The van der Waals surface area contributed by atoms with E-state index in [4.69, 9.17) is 14.2 Å². The van der Waals surface area contributed by atoms with Crippen molar-refractivity contribution in [2.75, 3.05) is 45.2 Å². The minimum atomic E-state index is -4.11. The molecule has 0 amide bonds. The Hall–Kier alpha value is -2.67. The number of hydrogen-bond donors (Lipinski definition) is 1. The highest BCUT2D eigenvalue weighted by atomic mass is 32.2. The zero-order valence-corrected chi connectivity index (χ0v) is 18.5. The number of sulfonamides is 2. The zero-order chi connectivity index (χ0) is 22.6. The molecule has 0 aromatic heterocycles. The summed E-state index contributed by atoms with van der Waals surface area (Å²) in [6, 6.07) is 9.06. The van der Waals surface area contributed by atoms with Crippen LogP contribution in [-0.4, -0.2) is 67.6 Å². The molecule has 10 nitrogen and oxygen atoms in total. The molecule has 0 spiro atoms. The molecular formula is C19H22N2O8S2. The van der Waals surface area contributed by atoms with E-state index in [1.165, 1.54) is 61.0 Å². The molecule has 1 saturated heterocycles. The first-order valence-electron chi connectivity index (χ1n) is 9.16. The van der Waals surface area contributed by atoms with Crippen LogP contribution in [0.3, 0.4) is 0 Å². The van der Waals surface area contributed by atoms with Crippen LogP contribution in [0, 0.1) is 0 Å². The Morgan fingerprint density at radius 1 is 0.968 bits per heavy atom. The molecule has 1 N–H and O–H groups in total. The van der Waals surface area contributed by atoms with E-state index in [1.54, 1.807) is 0 Å². The molecule has 0 bridgehead atoms. The van der Waals surface area contributed by atoms with Gasteiger partial charge in [-0.1, -0.05) is 0 Å². The number of morpholine rings is 1. The normalized spacial score (nSPS) is 15.3. The topological polar surface area (TPSA) is 128 Å². The second kappa shape index (κ2) is 9.22. The third kappa shape index (κ3) is 4.98. The average Bonchev–Trinajstić information content (AvgIpc) is 2.79. The maximum absolute atomic E-state index is 12.8. The van der Waals surface area contributed by atoms with Gasteiger partial charge >= 0.3 is 5.97 Å². The average molecular weight is 471 g/mol. The van der Waals surface area contributed by atoms with Gasteiger partial charge in [-0.2, -0.15) is 4.31 Å². The van der Waals surface area contributed by atoms with Crippen LogP contribution in [0.5, 0.6) is 5.75 Å². The molecule has 1 aliphatic heterocycles. The Balaban J connectivity index is 1.87. The number of esters is 1. The van der Waals surface area contributed by atoms with Crippen molar-refractivity contribution in [1.29, 1.82) is 0 Å². The predicted molar refractivity (Wildman–Crippen MR) is 111 cm³/mol. The molecule has 0 saturated carbocycles. The van der Waals surface area contributed by atoms with E-state index in [0.29, 0.717) is 19.0 Å². The van der Waals surface area contributed by atoms with Crippen molar-refractivity contribution in [3.05, 3.63) is 48.0 Å². The molecule has 168 valence electrons. The second-order valence-corrected chi connectivity index (χ2v) is 10.1. The summed E-state index contributed by atoms with van der Waals surface area (Å²) in [6.45, 7) is 1.08. The summed E-state index contributed by atoms with van der Waals surface area (Å²) in [4.78, 5) is 11.9. The molecule has 1 fully saturated rings. The van der Waals surface area contributed by atoms with Gasteiger partial charge < -0.3 is 14.2 Å². The monoisotopic (exact) mass is 470 g/mol. The van der Waals surface area contributed by atoms with Crippen LogP contribution in [-0.2, 0) is 29.5 Å². The van der Waals surface area contributed by atoms with Gasteiger partial charge in [0.1, 0.15) is 5.75 Å². The van der Waals surface area contributed by atoms with Crippen LogP contribution >= 0.6 is 0 Å². The summed E-state index contributed by atoms with van der Waals surface area (Å²) >= 11 is 0. The summed E-state index contributed by atoms with van der Waals surface area (Å²) in [7, 11) is -5.28. The van der Waals surface area contributed by atoms with Crippen LogP contribution < -0.4 is 9.46 Å². The van der Waals surface area contributed by atoms with Crippen LogP contribution in [0.2, 0.25) is 0 Å². The van der Waals surface area contributed by atoms with E-state index in [1.807, 2.05) is 0 Å². The lowest BCUT2D eigenvalue weighted by atomic mass is 10.2. The fourth-order valence-corrected chi connectivity index (χ4v) is 5.44. The van der Waals surface area contributed by atoms with Crippen molar-refractivity contribution in [3.8, 4) is 5.75 Å². The van der Waals surface area contributed by atoms with Gasteiger partial charge in [0.2, 0.25) is 10.0 Å². The van der Waals surface area contributed by atoms with Gasteiger partial charge in [-0.15, -0.1) is 0 Å². The molecule has 12 heteroatoms. The molecule has 0 unspecified atom stereocenters. The van der Waals surface area contributed by atoms with E-state index in [2.05, 4.69) is 4.72 Å². The Labute approximate surface area is 180 Å². The highest BCUT2D eigenvalue weighted by Gasteiger charge is 2.27. The van der Waals surface area contributed by atoms with Gasteiger partial charge in [-0.3, -0.25) is 4.72 Å². The number of hydrogen-bond acceptors (Lipinski definition) is 8. The first kappa shape index (κ1) is 23.0. The number of ether oxygens (including phenoxy) is 3. The number of nitrogens with zero attached hydrogens (tertiary/aromatic N) is 1. The number of anilines is 1. The maximum Gasteiger partial charge on any atom is 0.340 e. The molecule has 0 atom stereocenters. The van der Waals surface area contributed by atoms with Gasteiger partial charge in [0.15, 0.2) is 0 Å². The van der Waals surface area contributed by atoms with Crippen molar-refractivity contribution in [3.63, 3.8) is 0 Å². The highest BCUT2D eigenvalue weighted by molar-refractivity contribution is 7.92. The second-order valence-electron chi connectivity index (χ2n) is 6.50. The number of rotatable bonds is 7. The van der Waals surface area contributed by atoms with E-state index in [-0.39, 0.29) is 34.1 Å². The number of nitrogens with one attached hydrogen (secondary N) is 1. The number of carbonyl (C=O) groups excluding carboxylic acids is 1. The molecule has 0 aliphatic carbocycles.